The van der Waals surface area contributed by atoms with Crippen molar-refractivity contribution in [2.24, 2.45) is 0 Å². The Labute approximate surface area is 187 Å². The summed E-state index contributed by atoms with van der Waals surface area (Å²) in [5.41, 5.74) is 0.829. The van der Waals surface area contributed by atoms with Gasteiger partial charge in [-0.15, -0.1) is 0 Å². The van der Waals surface area contributed by atoms with E-state index in [2.05, 4.69) is 17.1 Å². The highest BCUT2D eigenvalue weighted by molar-refractivity contribution is 7.89. The average Bonchev–Trinajstić information content (AvgIpc) is 2.83. The normalized spacial score (nSPS) is 17.1. The second-order valence-electron chi connectivity index (χ2n) is 7.52. The van der Waals surface area contributed by atoms with Crippen LogP contribution in [0.4, 0.5) is 5.69 Å². The van der Waals surface area contributed by atoms with Gasteiger partial charge in [-0.25, -0.2) is 8.42 Å². The molecule has 4 rings (SSSR count). The summed E-state index contributed by atoms with van der Waals surface area (Å²) < 4.78 is 43.8. The SMILES string of the molecule is CCN1CCN(S(=O)(=O)c2ccc(NC(=O)c3cc(OC)c4c(c3)OCCO4)cc2)CC1. The molecular weight excluding hydrogens is 434 g/mol. The number of nitrogens with one attached hydrogen (secondary N) is 1. The monoisotopic (exact) mass is 461 g/mol. The molecule has 0 atom stereocenters. The number of piperazine rings is 1. The molecule has 0 saturated carbocycles. The van der Waals surface area contributed by atoms with Crippen molar-refractivity contribution in [3.8, 4) is 17.2 Å². The van der Waals surface area contributed by atoms with Crippen LogP contribution in [0.15, 0.2) is 41.3 Å². The third-order valence-corrected chi connectivity index (χ3v) is 7.53. The number of sulfonamides is 1. The predicted molar refractivity (Wildman–Crippen MR) is 119 cm³/mol. The first kappa shape index (κ1) is 22.4. The molecule has 1 amide bonds. The fourth-order valence-corrected chi connectivity index (χ4v) is 5.18. The topological polar surface area (TPSA) is 97.4 Å². The van der Waals surface area contributed by atoms with E-state index in [-0.39, 0.29) is 10.8 Å². The first-order chi connectivity index (χ1) is 15.4. The Morgan fingerprint density at radius 2 is 1.75 bits per heavy atom. The number of nitrogens with zero attached hydrogens (tertiary/aromatic N) is 2. The molecule has 2 heterocycles. The molecule has 0 aliphatic carbocycles. The van der Waals surface area contributed by atoms with Gasteiger partial charge in [0.25, 0.3) is 5.91 Å². The molecule has 0 spiro atoms. The van der Waals surface area contributed by atoms with Crippen molar-refractivity contribution in [3.63, 3.8) is 0 Å². The summed E-state index contributed by atoms with van der Waals surface area (Å²) in [5.74, 6) is 0.971. The molecule has 0 radical (unpaired) electrons. The van der Waals surface area contributed by atoms with Crippen molar-refractivity contribution in [1.82, 2.24) is 9.21 Å². The number of rotatable bonds is 6. The van der Waals surface area contributed by atoms with Crippen LogP contribution in [-0.2, 0) is 10.0 Å². The maximum absolute atomic E-state index is 12.9. The van der Waals surface area contributed by atoms with Gasteiger partial charge in [-0.2, -0.15) is 4.31 Å². The Morgan fingerprint density at radius 3 is 2.41 bits per heavy atom. The highest BCUT2D eigenvalue weighted by atomic mass is 32.2. The van der Waals surface area contributed by atoms with E-state index in [1.54, 1.807) is 24.3 Å². The van der Waals surface area contributed by atoms with E-state index in [0.29, 0.717) is 54.8 Å². The molecule has 0 bridgehead atoms. The lowest BCUT2D eigenvalue weighted by Crippen LogP contribution is -2.48. The third kappa shape index (κ3) is 4.52. The van der Waals surface area contributed by atoms with Gasteiger partial charge >= 0.3 is 0 Å². The smallest absolute Gasteiger partial charge is 0.255 e. The van der Waals surface area contributed by atoms with E-state index in [1.807, 2.05) is 0 Å². The molecule has 0 aromatic heterocycles. The minimum Gasteiger partial charge on any atom is -0.493 e. The van der Waals surface area contributed by atoms with E-state index in [1.165, 1.54) is 23.5 Å². The highest BCUT2D eigenvalue weighted by Crippen LogP contribution is 2.40. The number of carbonyl (C=O) groups excluding carboxylic acids is 1. The lowest BCUT2D eigenvalue weighted by Gasteiger charge is -2.33. The van der Waals surface area contributed by atoms with Gasteiger partial charge in [0.1, 0.15) is 13.2 Å². The lowest BCUT2D eigenvalue weighted by molar-refractivity contribution is 0.102. The summed E-state index contributed by atoms with van der Waals surface area (Å²) >= 11 is 0. The average molecular weight is 462 g/mol. The number of likely N-dealkylation sites (N-methyl/N-ethyl adjacent to an activating group) is 1. The molecule has 2 aliphatic rings. The molecule has 1 N–H and O–H groups in total. The van der Waals surface area contributed by atoms with Gasteiger partial charge in [0.05, 0.1) is 12.0 Å². The molecule has 2 aromatic carbocycles. The summed E-state index contributed by atoms with van der Waals surface area (Å²) in [6.07, 6.45) is 0. The zero-order chi connectivity index (χ0) is 22.7. The van der Waals surface area contributed by atoms with Crippen molar-refractivity contribution in [1.29, 1.82) is 0 Å². The predicted octanol–water partition coefficient (Wildman–Crippen LogP) is 2.04. The zero-order valence-electron chi connectivity index (χ0n) is 18.2. The van der Waals surface area contributed by atoms with Crippen LogP contribution in [0, 0.1) is 0 Å². The maximum Gasteiger partial charge on any atom is 0.255 e. The molecule has 10 heteroatoms. The van der Waals surface area contributed by atoms with Crippen molar-refractivity contribution >= 4 is 21.6 Å². The van der Waals surface area contributed by atoms with Crippen LogP contribution in [0.2, 0.25) is 0 Å². The Morgan fingerprint density at radius 1 is 1.06 bits per heavy atom. The number of hydrogen-bond acceptors (Lipinski definition) is 7. The van der Waals surface area contributed by atoms with Crippen molar-refractivity contribution in [2.75, 3.05) is 58.4 Å². The van der Waals surface area contributed by atoms with E-state index in [0.717, 1.165) is 19.6 Å². The number of amides is 1. The van der Waals surface area contributed by atoms with Crippen LogP contribution in [0.5, 0.6) is 17.2 Å². The van der Waals surface area contributed by atoms with E-state index in [4.69, 9.17) is 14.2 Å². The van der Waals surface area contributed by atoms with E-state index in [9.17, 15) is 13.2 Å². The van der Waals surface area contributed by atoms with Crippen LogP contribution in [-0.4, -0.2) is 76.6 Å². The van der Waals surface area contributed by atoms with E-state index < -0.39 is 10.0 Å². The third-order valence-electron chi connectivity index (χ3n) is 5.62. The summed E-state index contributed by atoms with van der Waals surface area (Å²) in [7, 11) is -2.07. The number of anilines is 1. The Kier molecular flexibility index (Phi) is 6.54. The minimum atomic E-state index is -3.56. The van der Waals surface area contributed by atoms with E-state index >= 15 is 0 Å². The van der Waals surface area contributed by atoms with Gasteiger partial charge in [0.15, 0.2) is 11.5 Å². The van der Waals surface area contributed by atoms with Gasteiger partial charge in [-0.05, 0) is 42.9 Å². The van der Waals surface area contributed by atoms with Gasteiger partial charge in [-0.3, -0.25) is 4.79 Å². The molecule has 172 valence electrons. The van der Waals surface area contributed by atoms with Crippen molar-refractivity contribution in [2.45, 2.75) is 11.8 Å². The number of benzene rings is 2. The highest BCUT2D eigenvalue weighted by Gasteiger charge is 2.28. The van der Waals surface area contributed by atoms with Crippen LogP contribution in [0.1, 0.15) is 17.3 Å². The van der Waals surface area contributed by atoms with Gasteiger partial charge in [0.2, 0.25) is 15.8 Å². The number of carbonyl (C=O) groups is 1. The lowest BCUT2D eigenvalue weighted by atomic mass is 10.1. The largest absolute Gasteiger partial charge is 0.493 e. The summed E-state index contributed by atoms with van der Waals surface area (Å²) in [4.78, 5) is 15.2. The Hall–Kier alpha value is -2.82. The molecule has 1 fully saturated rings. The molecule has 2 aliphatic heterocycles. The Bertz CT molecular complexity index is 1060. The molecule has 0 unspecified atom stereocenters. The van der Waals surface area contributed by atoms with Crippen LogP contribution in [0.25, 0.3) is 0 Å². The van der Waals surface area contributed by atoms with Crippen molar-refractivity contribution < 1.29 is 27.4 Å². The summed E-state index contributed by atoms with van der Waals surface area (Å²) in [6, 6.07) is 9.38. The second-order valence-corrected chi connectivity index (χ2v) is 9.46. The van der Waals surface area contributed by atoms with Gasteiger partial charge < -0.3 is 24.4 Å². The summed E-state index contributed by atoms with van der Waals surface area (Å²) in [5, 5.41) is 2.78. The standard InChI is InChI=1S/C22H27N3O6S/c1-3-24-8-10-25(11-9-24)32(27,28)18-6-4-17(5-7-18)23-22(26)16-14-19(29-2)21-20(15-16)30-12-13-31-21/h4-7,14-15H,3,8-13H2,1-2H3,(H,23,26). The number of ether oxygens (including phenoxy) is 3. The van der Waals surface area contributed by atoms with Crippen LogP contribution >= 0.6 is 0 Å². The number of methoxy groups -OCH3 is 1. The summed E-state index contributed by atoms with van der Waals surface area (Å²) in [6.45, 7) is 6.19. The molecule has 2 aromatic rings. The van der Waals surface area contributed by atoms with Crippen molar-refractivity contribution in [3.05, 3.63) is 42.0 Å². The van der Waals surface area contributed by atoms with Gasteiger partial charge in [-0.1, -0.05) is 6.92 Å². The number of fused-ring (bicyclic) bond motifs is 1. The second kappa shape index (κ2) is 9.35. The number of hydrogen-bond donors (Lipinski definition) is 1. The molecule has 32 heavy (non-hydrogen) atoms. The Balaban J connectivity index is 1.46. The van der Waals surface area contributed by atoms with Crippen LogP contribution in [0.3, 0.4) is 0 Å². The fourth-order valence-electron chi connectivity index (χ4n) is 3.75. The van der Waals surface area contributed by atoms with Gasteiger partial charge in [0, 0.05) is 37.4 Å². The molecule has 9 nitrogen and oxygen atoms in total. The maximum atomic E-state index is 12.9. The minimum absolute atomic E-state index is 0.210. The zero-order valence-corrected chi connectivity index (χ0v) is 19.0. The first-order valence-corrected chi connectivity index (χ1v) is 12.0. The molecule has 1 saturated heterocycles. The molecular formula is C22H27N3O6S. The van der Waals surface area contributed by atoms with Crippen LogP contribution < -0.4 is 19.5 Å². The quantitative estimate of drug-likeness (QED) is 0.703. The fraction of sp³-hybridized carbons (Fsp3) is 0.409. The first-order valence-electron chi connectivity index (χ1n) is 10.5.